The number of likely N-dealkylation sites (tertiary alicyclic amines) is 1. The topological polar surface area (TPSA) is 32.3 Å². The second kappa shape index (κ2) is 7.66. The van der Waals surface area contributed by atoms with Crippen molar-refractivity contribution in [1.29, 1.82) is 0 Å². The van der Waals surface area contributed by atoms with Crippen LogP contribution in [-0.2, 0) is 4.79 Å². The van der Waals surface area contributed by atoms with E-state index in [1.54, 1.807) is 6.92 Å². The summed E-state index contributed by atoms with van der Waals surface area (Å²) in [5.74, 6) is 0.766. The Bertz CT molecular complexity index is 206. The van der Waals surface area contributed by atoms with Crippen molar-refractivity contribution in [2.75, 3.05) is 26.2 Å². The molecular weight excluding hydrogens is 200 g/mol. The van der Waals surface area contributed by atoms with Gasteiger partial charge >= 0.3 is 0 Å². The molecule has 0 aromatic rings. The molecule has 1 fully saturated rings. The van der Waals surface area contributed by atoms with Gasteiger partial charge in [0.05, 0.1) is 0 Å². The zero-order valence-corrected chi connectivity index (χ0v) is 10.8. The molecule has 3 nitrogen and oxygen atoms in total. The van der Waals surface area contributed by atoms with Crippen molar-refractivity contribution in [2.45, 2.75) is 46.0 Å². The minimum absolute atomic E-state index is 0.100. The van der Waals surface area contributed by atoms with E-state index in [0.717, 1.165) is 6.54 Å². The third-order valence-electron chi connectivity index (χ3n) is 3.32. The van der Waals surface area contributed by atoms with Crippen LogP contribution in [0.25, 0.3) is 0 Å². The molecule has 0 aromatic heterocycles. The molecule has 1 aliphatic heterocycles. The Kier molecular flexibility index (Phi) is 6.46. The SMILES string of the molecule is CCCCCN1CCCC(CNC(C)=O)C1. The lowest BCUT2D eigenvalue weighted by Crippen LogP contribution is -2.40. The van der Waals surface area contributed by atoms with Gasteiger partial charge in [0.25, 0.3) is 0 Å². The number of unbranched alkanes of at least 4 members (excludes halogenated alkanes) is 2. The van der Waals surface area contributed by atoms with E-state index in [9.17, 15) is 4.79 Å². The molecule has 1 saturated heterocycles. The number of hydrogen-bond donors (Lipinski definition) is 1. The number of amides is 1. The molecule has 3 heteroatoms. The summed E-state index contributed by atoms with van der Waals surface area (Å²) in [5, 5.41) is 2.94. The molecule has 0 saturated carbocycles. The van der Waals surface area contributed by atoms with Crippen molar-refractivity contribution in [1.82, 2.24) is 10.2 Å². The molecule has 0 radical (unpaired) electrons. The van der Waals surface area contributed by atoms with Gasteiger partial charge < -0.3 is 10.2 Å². The van der Waals surface area contributed by atoms with Crippen LogP contribution in [0.15, 0.2) is 0 Å². The maximum Gasteiger partial charge on any atom is 0.216 e. The minimum Gasteiger partial charge on any atom is -0.356 e. The van der Waals surface area contributed by atoms with Gasteiger partial charge in [0.2, 0.25) is 5.91 Å². The molecule has 16 heavy (non-hydrogen) atoms. The fraction of sp³-hybridized carbons (Fsp3) is 0.923. The van der Waals surface area contributed by atoms with Crippen LogP contribution < -0.4 is 5.32 Å². The van der Waals surface area contributed by atoms with Crippen LogP contribution in [-0.4, -0.2) is 37.0 Å². The van der Waals surface area contributed by atoms with Crippen LogP contribution in [0.5, 0.6) is 0 Å². The lowest BCUT2D eigenvalue weighted by molar-refractivity contribution is -0.119. The summed E-state index contributed by atoms with van der Waals surface area (Å²) in [6.07, 6.45) is 6.51. The number of rotatable bonds is 6. The maximum absolute atomic E-state index is 10.9. The van der Waals surface area contributed by atoms with Crippen LogP contribution in [0.3, 0.4) is 0 Å². The van der Waals surface area contributed by atoms with Crippen molar-refractivity contribution in [3.63, 3.8) is 0 Å². The summed E-state index contributed by atoms with van der Waals surface area (Å²) in [4.78, 5) is 13.4. The van der Waals surface area contributed by atoms with Crippen molar-refractivity contribution in [2.24, 2.45) is 5.92 Å². The first-order valence-electron chi connectivity index (χ1n) is 6.69. The Labute approximate surface area is 99.6 Å². The Morgan fingerprint density at radius 2 is 2.25 bits per heavy atom. The van der Waals surface area contributed by atoms with Gasteiger partial charge in [-0.25, -0.2) is 0 Å². The Morgan fingerprint density at radius 1 is 1.44 bits per heavy atom. The highest BCUT2D eigenvalue weighted by Gasteiger charge is 2.19. The van der Waals surface area contributed by atoms with Gasteiger partial charge in [-0.05, 0) is 38.3 Å². The fourth-order valence-electron chi connectivity index (χ4n) is 2.39. The number of nitrogens with one attached hydrogen (secondary N) is 1. The average molecular weight is 226 g/mol. The third-order valence-corrected chi connectivity index (χ3v) is 3.32. The molecule has 0 spiro atoms. The summed E-state index contributed by atoms with van der Waals surface area (Å²) < 4.78 is 0. The van der Waals surface area contributed by atoms with Crippen LogP contribution in [0.4, 0.5) is 0 Å². The van der Waals surface area contributed by atoms with Crippen LogP contribution in [0.2, 0.25) is 0 Å². The van der Waals surface area contributed by atoms with Gasteiger partial charge in [-0.1, -0.05) is 19.8 Å². The van der Waals surface area contributed by atoms with Crippen LogP contribution in [0, 0.1) is 5.92 Å². The van der Waals surface area contributed by atoms with Gasteiger partial charge in [0.15, 0.2) is 0 Å². The molecule has 0 aliphatic carbocycles. The smallest absolute Gasteiger partial charge is 0.216 e. The number of nitrogens with zero attached hydrogens (tertiary/aromatic N) is 1. The molecule has 1 N–H and O–H groups in total. The number of carbonyl (C=O) groups excluding carboxylic acids is 1. The van der Waals surface area contributed by atoms with Crippen molar-refractivity contribution in [3.8, 4) is 0 Å². The highest BCUT2D eigenvalue weighted by molar-refractivity contribution is 5.72. The lowest BCUT2D eigenvalue weighted by atomic mass is 9.97. The Morgan fingerprint density at radius 3 is 2.94 bits per heavy atom. The molecule has 1 heterocycles. The number of carbonyl (C=O) groups is 1. The van der Waals surface area contributed by atoms with Crippen molar-refractivity contribution < 1.29 is 4.79 Å². The Hall–Kier alpha value is -0.570. The standard InChI is InChI=1S/C13H26N2O/c1-3-4-5-8-15-9-6-7-13(11-15)10-14-12(2)16/h13H,3-11H2,1-2H3,(H,14,16). The van der Waals surface area contributed by atoms with Crippen molar-refractivity contribution >= 4 is 5.91 Å². The molecule has 1 aliphatic rings. The first-order chi connectivity index (χ1) is 7.72. The van der Waals surface area contributed by atoms with E-state index in [4.69, 9.17) is 0 Å². The summed E-state index contributed by atoms with van der Waals surface area (Å²) >= 11 is 0. The predicted octanol–water partition coefficient (Wildman–Crippen LogP) is 2.02. The zero-order valence-electron chi connectivity index (χ0n) is 10.8. The first kappa shape index (κ1) is 13.5. The quantitative estimate of drug-likeness (QED) is 0.703. The molecule has 1 unspecified atom stereocenters. The van der Waals surface area contributed by atoms with Gasteiger partial charge in [0.1, 0.15) is 0 Å². The van der Waals surface area contributed by atoms with Gasteiger partial charge in [-0.3, -0.25) is 4.79 Å². The van der Waals surface area contributed by atoms with Gasteiger partial charge in [-0.15, -0.1) is 0 Å². The third kappa shape index (κ3) is 5.50. The summed E-state index contributed by atoms with van der Waals surface area (Å²) in [5.41, 5.74) is 0. The average Bonchev–Trinajstić information content (AvgIpc) is 2.27. The predicted molar refractivity (Wildman–Crippen MR) is 67.4 cm³/mol. The number of hydrogen-bond acceptors (Lipinski definition) is 2. The van der Waals surface area contributed by atoms with E-state index in [1.807, 2.05) is 0 Å². The molecule has 1 amide bonds. The van der Waals surface area contributed by atoms with Gasteiger partial charge in [-0.2, -0.15) is 0 Å². The van der Waals surface area contributed by atoms with E-state index < -0.39 is 0 Å². The number of piperidine rings is 1. The minimum atomic E-state index is 0.100. The van der Waals surface area contributed by atoms with E-state index in [2.05, 4.69) is 17.1 Å². The van der Waals surface area contributed by atoms with Gasteiger partial charge in [0, 0.05) is 20.0 Å². The van der Waals surface area contributed by atoms with Crippen LogP contribution in [0.1, 0.15) is 46.0 Å². The van der Waals surface area contributed by atoms with Crippen LogP contribution >= 0.6 is 0 Å². The zero-order chi connectivity index (χ0) is 11.8. The first-order valence-corrected chi connectivity index (χ1v) is 6.69. The summed E-state index contributed by atoms with van der Waals surface area (Å²) in [6.45, 7) is 8.37. The molecule has 0 aromatic carbocycles. The van der Waals surface area contributed by atoms with E-state index >= 15 is 0 Å². The second-order valence-corrected chi connectivity index (χ2v) is 4.95. The lowest BCUT2D eigenvalue weighted by Gasteiger charge is -2.32. The normalized spacial score (nSPS) is 22.0. The molecule has 94 valence electrons. The largest absolute Gasteiger partial charge is 0.356 e. The second-order valence-electron chi connectivity index (χ2n) is 4.95. The highest BCUT2D eigenvalue weighted by Crippen LogP contribution is 2.16. The van der Waals surface area contributed by atoms with Crippen molar-refractivity contribution in [3.05, 3.63) is 0 Å². The molecular formula is C13H26N2O. The van der Waals surface area contributed by atoms with E-state index in [-0.39, 0.29) is 5.91 Å². The maximum atomic E-state index is 10.9. The molecule has 1 rings (SSSR count). The molecule has 0 bridgehead atoms. The van der Waals surface area contributed by atoms with E-state index in [1.165, 1.54) is 51.7 Å². The fourth-order valence-corrected chi connectivity index (χ4v) is 2.39. The summed E-state index contributed by atoms with van der Waals surface area (Å²) in [6, 6.07) is 0. The molecule has 1 atom stereocenters. The highest BCUT2D eigenvalue weighted by atomic mass is 16.1. The van der Waals surface area contributed by atoms with E-state index in [0.29, 0.717) is 5.92 Å². The Balaban J connectivity index is 2.16. The monoisotopic (exact) mass is 226 g/mol. The summed E-state index contributed by atoms with van der Waals surface area (Å²) in [7, 11) is 0.